The zero-order chi connectivity index (χ0) is 21.0. The Bertz CT molecular complexity index is 772. The van der Waals surface area contributed by atoms with E-state index in [1.807, 2.05) is 20.8 Å². The number of ether oxygens (including phenoxy) is 3. The molecule has 1 saturated heterocycles. The first-order valence-corrected chi connectivity index (χ1v) is 9.04. The molecule has 1 aromatic carbocycles. The van der Waals surface area contributed by atoms with Crippen LogP contribution in [0.4, 0.5) is 5.69 Å². The number of carbonyl (C=O) groups is 1. The van der Waals surface area contributed by atoms with Crippen LogP contribution in [0, 0.1) is 34.3 Å². The Morgan fingerprint density at radius 2 is 2.07 bits per heavy atom. The highest BCUT2D eigenvalue weighted by Crippen LogP contribution is 2.37. The van der Waals surface area contributed by atoms with Crippen LogP contribution in [0.3, 0.4) is 0 Å². The van der Waals surface area contributed by atoms with E-state index in [0.717, 1.165) is 0 Å². The van der Waals surface area contributed by atoms with Gasteiger partial charge in [0.05, 0.1) is 17.1 Å². The summed E-state index contributed by atoms with van der Waals surface area (Å²) in [5, 5.41) is 21.5. The van der Waals surface area contributed by atoms with Crippen LogP contribution in [0.5, 0.6) is 5.75 Å². The van der Waals surface area contributed by atoms with Crippen molar-refractivity contribution in [1.82, 2.24) is 0 Å². The number of rotatable bonds is 6. The standard InChI is InChI=1S/C20H25NO7/c1-6-7-17(23)15-8-9-18(16(10-15)21(24)25)28-20-19(27-14(5)22)12(3)11(2)13(4)26-20/h1,8-13,17,19-20,23H,7H2,2-5H3/t11-,12-,13?,17?,19?,20-/m0/s1. The van der Waals surface area contributed by atoms with E-state index in [2.05, 4.69) is 5.92 Å². The Hall–Kier alpha value is -2.63. The van der Waals surface area contributed by atoms with Crippen LogP contribution in [-0.4, -0.2) is 34.5 Å². The van der Waals surface area contributed by atoms with E-state index in [9.17, 15) is 20.0 Å². The average molecular weight is 391 g/mol. The molecule has 1 aliphatic heterocycles. The first-order valence-electron chi connectivity index (χ1n) is 9.04. The first kappa shape index (κ1) is 21.7. The molecule has 2 rings (SSSR count). The zero-order valence-corrected chi connectivity index (χ0v) is 16.3. The summed E-state index contributed by atoms with van der Waals surface area (Å²) in [6.45, 7) is 7.05. The molecule has 0 radical (unpaired) electrons. The molecule has 28 heavy (non-hydrogen) atoms. The third-order valence-electron chi connectivity index (χ3n) is 5.13. The molecule has 8 nitrogen and oxygen atoms in total. The van der Waals surface area contributed by atoms with Gasteiger partial charge in [-0.05, 0) is 24.5 Å². The van der Waals surface area contributed by atoms with Gasteiger partial charge in [0.2, 0.25) is 6.29 Å². The van der Waals surface area contributed by atoms with Gasteiger partial charge in [0.15, 0.2) is 11.9 Å². The molecule has 1 heterocycles. The van der Waals surface area contributed by atoms with Crippen molar-refractivity contribution in [3.63, 3.8) is 0 Å². The third kappa shape index (κ3) is 4.80. The molecule has 152 valence electrons. The second kappa shape index (κ2) is 9.04. The van der Waals surface area contributed by atoms with Crippen molar-refractivity contribution in [2.75, 3.05) is 0 Å². The Kier molecular flexibility index (Phi) is 7.00. The molecule has 1 aliphatic rings. The van der Waals surface area contributed by atoms with Crippen LogP contribution < -0.4 is 4.74 Å². The second-order valence-corrected chi connectivity index (χ2v) is 7.03. The number of carbonyl (C=O) groups excluding carboxylic acids is 1. The van der Waals surface area contributed by atoms with Crippen molar-refractivity contribution in [2.45, 2.75) is 58.7 Å². The van der Waals surface area contributed by atoms with E-state index in [0.29, 0.717) is 5.56 Å². The Morgan fingerprint density at radius 3 is 2.64 bits per heavy atom. The van der Waals surface area contributed by atoms with Crippen LogP contribution in [0.1, 0.15) is 45.8 Å². The van der Waals surface area contributed by atoms with Crippen molar-refractivity contribution < 1.29 is 29.0 Å². The minimum Gasteiger partial charge on any atom is -0.456 e. The highest BCUT2D eigenvalue weighted by molar-refractivity contribution is 5.66. The van der Waals surface area contributed by atoms with Gasteiger partial charge >= 0.3 is 11.7 Å². The number of nitrogens with zero attached hydrogens (tertiary/aromatic N) is 1. The lowest BCUT2D eigenvalue weighted by Crippen LogP contribution is -2.52. The lowest BCUT2D eigenvalue weighted by atomic mass is 9.84. The van der Waals surface area contributed by atoms with E-state index in [4.69, 9.17) is 20.6 Å². The maximum Gasteiger partial charge on any atom is 0.311 e. The normalized spacial score (nSPS) is 28.1. The number of nitro benzene ring substituents is 1. The van der Waals surface area contributed by atoms with E-state index in [1.54, 1.807) is 0 Å². The Balaban J connectivity index is 2.34. The summed E-state index contributed by atoms with van der Waals surface area (Å²) in [4.78, 5) is 22.4. The van der Waals surface area contributed by atoms with E-state index >= 15 is 0 Å². The quantitative estimate of drug-likeness (QED) is 0.344. The van der Waals surface area contributed by atoms with Gasteiger partial charge in [-0.2, -0.15) is 0 Å². The van der Waals surface area contributed by atoms with Crippen LogP contribution in [0.25, 0.3) is 0 Å². The summed E-state index contributed by atoms with van der Waals surface area (Å²) >= 11 is 0. The second-order valence-electron chi connectivity index (χ2n) is 7.03. The van der Waals surface area contributed by atoms with Gasteiger partial charge < -0.3 is 19.3 Å². The lowest BCUT2D eigenvalue weighted by molar-refractivity contribution is -0.387. The number of terminal acetylenes is 1. The Morgan fingerprint density at radius 1 is 1.39 bits per heavy atom. The van der Waals surface area contributed by atoms with Gasteiger partial charge in [0.1, 0.15) is 0 Å². The molecule has 6 atom stereocenters. The molecule has 8 heteroatoms. The van der Waals surface area contributed by atoms with Crippen LogP contribution in [0.2, 0.25) is 0 Å². The van der Waals surface area contributed by atoms with Gasteiger partial charge in [-0.3, -0.25) is 14.9 Å². The monoisotopic (exact) mass is 391 g/mol. The SMILES string of the molecule is C#CCC(O)c1ccc(O[C@@H]2OC(C)[C@@H](C)[C@H](C)C2OC(C)=O)c([N+](=O)[O-])c1. The van der Waals surface area contributed by atoms with Gasteiger partial charge in [-0.15, -0.1) is 12.3 Å². The minimum absolute atomic E-state index is 0.0323. The molecule has 0 aliphatic carbocycles. The van der Waals surface area contributed by atoms with Gasteiger partial charge in [-0.1, -0.05) is 19.9 Å². The smallest absolute Gasteiger partial charge is 0.311 e. The van der Waals surface area contributed by atoms with Crippen molar-refractivity contribution in [3.8, 4) is 18.1 Å². The highest BCUT2D eigenvalue weighted by atomic mass is 16.7. The molecular weight excluding hydrogens is 366 g/mol. The fourth-order valence-electron chi connectivity index (χ4n) is 3.18. The van der Waals surface area contributed by atoms with Gasteiger partial charge in [-0.25, -0.2) is 0 Å². The number of esters is 1. The predicted octanol–water partition coefficient (Wildman–Crippen LogP) is 2.98. The van der Waals surface area contributed by atoms with E-state index < -0.39 is 29.4 Å². The van der Waals surface area contributed by atoms with Crippen LogP contribution >= 0.6 is 0 Å². The molecule has 0 spiro atoms. The molecule has 0 saturated carbocycles. The van der Waals surface area contributed by atoms with Crippen molar-refractivity contribution in [3.05, 3.63) is 33.9 Å². The third-order valence-corrected chi connectivity index (χ3v) is 5.13. The molecule has 0 amide bonds. The predicted molar refractivity (Wildman–Crippen MR) is 100 cm³/mol. The van der Waals surface area contributed by atoms with Crippen LogP contribution in [-0.2, 0) is 14.3 Å². The van der Waals surface area contributed by atoms with E-state index in [1.165, 1.54) is 25.1 Å². The number of aliphatic hydroxyl groups is 1. The first-order chi connectivity index (χ1) is 13.1. The fraction of sp³-hybridized carbons (Fsp3) is 0.550. The van der Waals surface area contributed by atoms with Crippen molar-refractivity contribution in [2.24, 2.45) is 11.8 Å². The fourth-order valence-corrected chi connectivity index (χ4v) is 3.18. The zero-order valence-electron chi connectivity index (χ0n) is 16.3. The molecule has 3 unspecified atom stereocenters. The molecular formula is C20H25NO7. The van der Waals surface area contributed by atoms with Crippen molar-refractivity contribution >= 4 is 11.7 Å². The van der Waals surface area contributed by atoms with Gasteiger partial charge in [0.25, 0.3) is 0 Å². The number of hydrogen-bond acceptors (Lipinski definition) is 7. The van der Waals surface area contributed by atoms with Gasteiger partial charge in [0, 0.05) is 25.3 Å². The number of hydrogen-bond donors (Lipinski definition) is 1. The maximum absolute atomic E-state index is 11.5. The highest BCUT2D eigenvalue weighted by Gasteiger charge is 2.44. The average Bonchev–Trinajstić information content (AvgIpc) is 2.63. The summed E-state index contributed by atoms with van der Waals surface area (Å²) in [6, 6.07) is 4.11. The Labute approximate surface area is 163 Å². The van der Waals surface area contributed by atoms with E-state index in [-0.39, 0.29) is 35.8 Å². The topological polar surface area (TPSA) is 108 Å². The number of aliphatic hydroxyl groups excluding tert-OH is 1. The summed E-state index contributed by atoms with van der Waals surface area (Å²) < 4.78 is 17.0. The molecule has 0 bridgehead atoms. The largest absolute Gasteiger partial charge is 0.456 e. The summed E-state index contributed by atoms with van der Waals surface area (Å²) in [5.74, 6) is 1.80. The van der Waals surface area contributed by atoms with Crippen LogP contribution in [0.15, 0.2) is 18.2 Å². The number of benzene rings is 1. The molecule has 0 aromatic heterocycles. The lowest BCUT2D eigenvalue weighted by Gasteiger charge is -2.42. The minimum atomic E-state index is -1.02. The molecule has 1 aromatic rings. The van der Waals surface area contributed by atoms with Crippen molar-refractivity contribution in [1.29, 1.82) is 0 Å². The number of nitro groups is 1. The molecule has 1 N–H and O–H groups in total. The molecule has 1 fully saturated rings. The summed E-state index contributed by atoms with van der Waals surface area (Å²) in [5.41, 5.74) is -0.0221. The maximum atomic E-state index is 11.5. The summed E-state index contributed by atoms with van der Waals surface area (Å²) in [7, 11) is 0. The summed E-state index contributed by atoms with van der Waals surface area (Å²) in [6.07, 6.45) is 2.30.